The molecule has 1 amide bonds. The van der Waals surface area contributed by atoms with Gasteiger partial charge in [-0.25, -0.2) is 0 Å². The number of ether oxygens (including phenoxy) is 4. The molecule has 69 heavy (non-hydrogen) atoms. The average molecular weight is 977 g/mol. The molecule has 2 bridgehead atoms. The zero-order valence-corrected chi connectivity index (χ0v) is 40.3. The molecule has 1 aliphatic carbocycles. The van der Waals surface area contributed by atoms with Gasteiger partial charge in [0.25, 0.3) is 0 Å². The van der Waals surface area contributed by atoms with E-state index in [2.05, 4.69) is 5.32 Å². The van der Waals surface area contributed by atoms with Crippen LogP contribution in [0.3, 0.4) is 0 Å². The van der Waals surface area contributed by atoms with Crippen LogP contribution in [0.1, 0.15) is 98.3 Å². The maximum atomic E-state index is 13.8. The van der Waals surface area contributed by atoms with Gasteiger partial charge in [0.15, 0.2) is 12.1 Å². The summed E-state index contributed by atoms with van der Waals surface area (Å²) in [6, 6.07) is -1.22. The van der Waals surface area contributed by atoms with Gasteiger partial charge >= 0.3 is 5.97 Å². The molecule has 3 fully saturated rings. The summed E-state index contributed by atoms with van der Waals surface area (Å²) in [5.74, 6) is -5.41. The highest BCUT2D eigenvalue weighted by Gasteiger charge is 2.51. The largest absolute Gasteiger partial charge is 0.462 e. The van der Waals surface area contributed by atoms with Gasteiger partial charge in [-0.3, -0.25) is 9.59 Å². The first-order valence-corrected chi connectivity index (χ1v) is 24.4. The lowest BCUT2D eigenvalue weighted by molar-refractivity contribution is -0.307. The fourth-order valence-corrected chi connectivity index (χ4v) is 8.84. The molecule has 0 aromatic rings. The summed E-state index contributed by atoms with van der Waals surface area (Å²) >= 11 is 0. The smallest absolute Gasteiger partial charge is 0.308 e. The Morgan fingerprint density at radius 3 is 1.86 bits per heavy atom. The number of nitrogens with two attached hydrogens (primary N) is 1. The number of cyclic esters (lactones) is 1. The third kappa shape index (κ3) is 18.9. The Hall–Kier alpha value is -3.44. The Morgan fingerprint density at radius 1 is 0.667 bits per heavy atom. The maximum absolute atomic E-state index is 13.8. The van der Waals surface area contributed by atoms with E-state index in [9.17, 15) is 60.7 Å². The molecule has 0 radical (unpaired) electrons. The van der Waals surface area contributed by atoms with E-state index in [-0.39, 0.29) is 37.6 Å². The summed E-state index contributed by atoms with van der Waals surface area (Å²) < 4.78 is 23.8. The lowest BCUT2D eigenvalue weighted by atomic mass is 9.81. The molecule has 1 unspecified atom stereocenters. The molecule has 4 aliphatic rings. The van der Waals surface area contributed by atoms with Crippen LogP contribution in [0.4, 0.5) is 0 Å². The number of carbonyl (C=O) groups is 2. The van der Waals surface area contributed by atoms with E-state index < -0.39 is 147 Å². The summed E-state index contributed by atoms with van der Waals surface area (Å²) in [7, 11) is 0. The summed E-state index contributed by atoms with van der Waals surface area (Å²) in [6.07, 6.45) is 7.71. The second-order valence-corrected chi connectivity index (χ2v) is 19.4. The second-order valence-electron chi connectivity index (χ2n) is 19.4. The first-order chi connectivity index (χ1) is 32.7. The van der Waals surface area contributed by atoms with E-state index in [0.29, 0.717) is 0 Å². The monoisotopic (exact) mass is 977 g/mol. The van der Waals surface area contributed by atoms with Crippen LogP contribution in [-0.4, -0.2) is 166 Å². The van der Waals surface area contributed by atoms with Crippen LogP contribution in [0.15, 0.2) is 85.1 Å². The maximum Gasteiger partial charge on any atom is 0.308 e. The number of esters is 1. The van der Waals surface area contributed by atoms with Crippen molar-refractivity contribution in [2.75, 3.05) is 0 Å². The predicted octanol–water partition coefficient (Wildman–Crippen LogP) is 1.30. The number of allylic oxidation sites excluding steroid dienone is 12. The summed E-state index contributed by atoms with van der Waals surface area (Å²) in [4.78, 5) is 26.5. The van der Waals surface area contributed by atoms with Crippen LogP contribution in [0.5, 0.6) is 0 Å². The van der Waals surface area contributed by atoms with E-state index in [4.69, 9.17) is 24.7 Å². The fraction of sp³-hybridized carbons (Fsp3) is 0.686. The highest BCUT2D eigenvalue weighted by Crippen LogP contribution is 2.38. The van der Waals surface area contributed by atoms with E-state index in [0.717, 1.165) is 19.3 Å². The van der Waals surface area contributed by atoms with Crippen molar-refractivity contribution in [1.29, 1.82) is 0 Å². The number of rotatable bonds is 4. The second kappa shape index (κ2) is 28.6. The number of hydrogen-bond acceptors (Lipinski definition) is 17. The van der Waals surface area contributed by atoms with Gasteiger partial charge in [-0.15, -0.1) is 0 Å². The molecule has 18 heteroatoms. The van der Waals surface area contributed by atoms with Gasteiger partial charge in [0.1, 0.15) is 12.2 Å². The Bertz CT molecular complexity index is 1780. The SMILES string of the molecule is C[C@@H]1[C@H](O)[C@@H](C)/C=C/C=C/C=C/C=C/C=C/C=C/C=C/[C@H](O[C@@H]2O[C@H](C)[C@@H](O)[C@H](N)[C@H]2O)C[C@@H]2O[C@](O)(C[C@@H](O)C[C@@H](O)[C@H](O)CC[C@@H](O)C[C@@H](O)CC(=O)O[C@H]1C)C[C@H](O)C2C(=O)NC1CCC1. The van der Waals surface area contributed by atoms with Gasteiger partial charge < -0.3 is 81.1 Å². The van der Waals surface area contributed by atoms with Crippen molar-refractivity contribution in [3.05, 3.63) is 85.1 Å². The van der Waals surface area contributed by atoms with Crippen LogP contribution in [0, 0.1) is 17.8 Å². The van der Waals surface area contributed by atoms with Gasteiger partial charge in [0.2, 0.25) is 5.91 Å². The molecule has 3 heterocycles. The van der Waals surface area contributed by atoms with Crippen molar-refractivity contribution in [3.8, 4) is 0 Å². The molecule has 13 N–H and O–H groups in total. The number of nitrogens with one attached hydrogen (secondary N) is 1. The van der Waals surface area contributed by atoms with Crippen LogP contribution >= 0.6 is 0 Å². The van der Waals surface area contributed by atoms with Crippen LogP contribution in [-0.2, 0) is 28.5 Å². The van der Waals surface area contributed by atoms with Crippen molar-refractivity contribution in [2.24, 2.45) is 23.5 Å². The minimum atomic E-state index is -2.24. The number of aliphatic hydroxyl groups excluding tert-OH is 9. The molecular weight excluding hydrogens is 897 g/mol. The average Bonchev–Trinajstić information content (AvgIpc) is 3.26. The lowest BCUT2D eigenvalue weighted by Crippen LogP contribution is -2.62. The van der Waals surface area contributed by atoms with Gasteiger partial charge in [-0.05, 0) is 52.4 Å². The Labute approximate surface area is 406 Å². The van der Waals surface area contributed by atoms with Crippen molar-refractivity contribution < 1.29 is 79.6 Å². The van der Waals surface area contributed by atoms with Crippen LogP contribution < -0.4 is 11.1 Å². The summed E-state index contributed by atoms with van der Waals surface area (Å²) in [5.41, 5.74) is 6.11. The zero-order valence-electron chi connectivity index (χ0n) is 40.3. The fourth-order valence-electron chi connectivity index (χ4n) is 8.84. The number of amides is 1. The van der Waals surface area contributed by atoms with Gasteiger partial charge in [0.05, 0.1) is 85.5 Å². The predicted molar refractivity (Wildman–Crippen MR) is 255 cm³/mol. The summed E-state index contributed by atoms with van der Waals surface area (Å²) in [5, 5.41) is 113. The number of aliphatic hydroxyl groups is 10. The molecule has 390 valence electrons. The lowest BCUT2D eigenvalue weighted by Gasteiger charge is -2.46. The molecule has 0 spiro atoms. The minimum Gasteiger partial charge on any atom is -0.462 e. The van der Waals surface area contributed by atoms with Crippen molar-refractivity contribution in [2.45, 2.75) is 202 Å². The third-order valence-electron chi connectivity index (χ3n) is 13.5. The number of hydrogen-bond donors (Lipinski definition) is 12. The topological polar surface area (TPSA) is 311 Å². The molecule has 3 aliphatic heterocycles. The number of carbonyl (C=O) groups excluding carboxylic acids is 2. The molecule has 0 aromatic carbocycles. The highest BCUT2D eigenvalue weighted by molar-refractivity contribution is 5.80. The Balaban J connectivity index is 1.58. The zero-order chi connectivity index (χ0) is 50.8. The third-order valence-corrected chi connectivity index (χ3v) is 13.5. The van der Waals surface area contributed by atoms with E-state index in [1.165, 1.54) is 0 Å². The van der Waals surface area contributed by atoms with Gasteiger partial charge in [0, 0.05) is 43.6 Å². The number of fused-ring (bicyclic) bond motifs is 2. The van der Waals surface area contributed by atoms with Crippen molar-refractivity contribution in [3.63, 3.8) is 0 Å². The van der Waals surface area contributed by atoms with Crippen molar-refractivity contribution in [1.82, 2.24) is 5.32 Å². The molecule has 18 nitrogen and oxygen atoms in total. The van der Waals surface area contributed by atoms with E-state index >= 15 is 0 Å². The minimum absolute atomic E-state index is 0.0856. The first-order valence-electron chi connectivity index (χ1n) is 24.4. The van der Waals surface area contributed by atoms with Gasteiger partial charge in [-0.1, -0.05) is 98.9 Å². The van der Waals surface area contributed by atoms with E-state index in [1.807, 2.05) is 49.5 Å². The molecule has 2 saturated heterocycles. The molecular formula is C51H80N2O16. The highest BCUT2D eigenvalue weighted by atomic mass is 16.7. The van der Waals surface area contributed by atoms with E-state index in [1.54, 1.807) is 63.3 Å². The van der Waals surface area contributed by atoms with Gasteiger partial charge in [-0.2, -0.15) is 0 Å². The molecule has 19 atom stereocenters. The van der Waals surface area contributed by atoms with Crippen molar-refractivity contribution >= 4 is 11.9 Å². The molecule has 1 saturated carbocycles. The quantitative estimate of drug-likeness (QED) is 0.177. The summed E-state index contributed by atoms with van der Waals surface area (Å²) in [6.45, 7) is 6.82. The normalized spacial score (nSPS) is 44.8. The first kappa shape index (κ1) is 58.1. The van der Waals surface area contributed by atoms with Crippen LogP contribution in [0.25, 0.3) is 0 Å². The Kier molecular flexibility index (Phi) is 24.1. The molecule has 0 aromatic heterocycles. The standard InChI is InChI=1S/C51H80N2O16/c1-30-18-15-13-11-9-7-5-6-8-10-12-14-16-21-38(68-50-48(63)45(52)47(62)33(4)67-50)27-42-44(49(64)53-34-19-17-20-34)41(59)29-51(65,69-42)28-37(56)25-40(58)39(57)23-22-35(54)24-36(55)26-43(60)66-32(3)31(2)46(30)61/h5-16,18,21,30-42,44-48,50,54-59,61-63,65H,17,19-20,22-29,52H2,1-4H3,(H,53,64)/b6-5+,9-7+,10-8+,13-11+,14-12+,18-15+,21-16+/t30-,31-,32-,33+,35+,36+,37-,38-,39+,40+,41-,42-,44?,45-,46+,47+,48+,50-,51+/m0/s1. The molecule has 4 rings (SSSR count). The van der Waals surface area contributed by atoms with Crippen LogP contribution in [0.2, 0.25) is 0 Å². The Morgan fingerprint density at radius 2 is 1.26 bits per heavy atom.